The number of hydrogen-bond acceptors (Lipinski definition) is 1. The smallest absolute Gasteiger partial charge is 0.248 e. The summed E-state index contributed by atoms with van der Waals surface area (Å²) in [6.07, 6.45) is -0.957. The number of nitrogens with zero attached hydrogens (tertiary/aromatic N) is 1. The van der Waals surface area contributed by atoms with Gasteiger partial charge in [-0.1, -0.05) is 31.0 Å². The summed E-state index contributed by atoms with van der Waals surface area (Å²) in [5, 5.41) is 0. The third-order valence-electron chi connectivity index (χ3n) is 3.98. The normalized spacial score (nSPS) is 27.2. The van der Waals surface area contributed by atoms with Crippen molar-refractivity contribution >= 4 is 11.4 Å². The van der Waals surface area contributed by atoms with Crippen molar-refractivity contribution in [2.75, 3.05) is 0 Å². The van der Waals surface area contributed by atoms with Gasteiger partial charge in [0.1, 0.15) is 5.71 Å². The molecule has 1 nitrogen and oxygen atoms in total. The van der Waals surface area contributed by atoms with Gasteiger partial charge in [-0.25, -0.2) is 4.99 Å². The van der Waals surface area contributed by atoms with Gasteiger partial charge in [-0.3, -0.25) is 0 Å². The standard InChI is InChI=1S/C14H14F3N/c15-14(16,17)13-11-7-2-1-5-9(11)10-6-3-4-8-12(10)18-13/h3-4,6,8-9,11H,1-2,5,7H2. The van der Waals surface area contributed by atoms with Crippen molar-refractivity contribution in [3.8, 4) is 0 Å². The monoisotopic (exact) mass is 253 g/mol. The van der Waals surface area contributed by atoms with E-state index in [4.69, 9.17) is 0 Å². The lowest BCUT2D eigenvalue weighted by Gasteiger charge is -2.37. The molecule has 1 saturated carbocycles. The molecule has 0 spiro atoms. The summed E-state index contributed by atoms with van der Waals surface area (Å²) >= 11 is 0. The highest BCUT2D eigenvalue weighted by atomic mass is 19.4. The van der Waals surface area contributed by atoms with Crippen LogP contribution in [0.5, 0.6) is 0 Å². The molecule has 2 aliphatic rings. The molecule has 0 aromatic heterocycles. The molecule has 0 saturated heterocycles. The van der Waals surface area contributed by atoms with Gasteiger partial charge < -0.3 is 0 Å². The van der Waals surface area contributed by atoms with Gasteiger partial charge in [0.15, 0.2) is 0 Å². The quantitative estimate of drug-likeness (QED) is 0.640. The van der Waals surface area contributed by atoms with Crippen LogP contribution in [0.4, 0.5) is 18.9 Å². The molecule has 2 atom stereocenters. The molecule has 1 aliphatic carbocycles. The van der Waals surface area contributed by atoms with E-state index in [1.165, 1.54) is 0 Å². The zero-order chi connectivity index (χ0) is 12.8. The van der Waals surface area contributed by atoms with Gasteiger partial charge in [-0.15, -0.1) is 0 Å². The Balaban J connectivity index is 2.12. The first-order valence-corrected chi connectivity index (χ1v) is 6.32. The molecule has 0 amide bonds. The lowest BCUT2D eigenvalue weighted by atomic mass is 9.71. The molecular formula is C14H14F3N. The Kier molecular flexibility index (Phi) is 2.68. The number of aliphatic imine (C=N–C) groups is 1. The van der Waals surface area contributed by atoms with Crippen LogP contribution in [0.15, 0.2) is 29.3 Å². The highest BCUT2D eigenvalue weighted by molar-refractivity contribution is 5.96. The topological polar surface area (TPSA) is 12.4 Å². The van der Waals surface area contributed by atoms with Crippen molar-refractivity contribution in [2.45, 2.75) is 37.8 Å². The van der Waals surface area contributed by atoms with Crippen molar-refractivity contribution in [1.29, 1.82) is 0 Å². The largest absolute Gasteiger partial charge is 0.429 e. The lowest BCUT2D eigenvalue weighted by Crippen LogP contribution is -2.37. The van der Waals surface area contributed by atoms with Crippen molar-refractivity contribution < 1.29 is 13.2 Å². The van der Waals surface area contributed by atoms with Crippen molar-refractivity contribution in [3.05, 3.63) is 29.8 Å². The second-order valence-electron chi connectivity index (χ2n) is 5.05. The summed E-state index contributed by atoms with van der Waals surface area (Å²) in [5.41, 5.74) is 0.939. The SMILES string of the molecule is FC(F)(F)C1=Nc2ccccc2C2CCCCC12. The zero-order valence-electron chi connectivity index (χ0n) is 9.87. The molecule has 0 bridgehead atoms. The van der Waals surface area contributed by atoms with Gasteiger partial charge in [0.2, 0.25) is 0 Å². The van der Waals surface area contributed by atoms with Gasteiger partial charge in [-0.2, -0.15) is 13.2 Å². The number of benzene rings is 1. The molecule has 2 unspecified atom stereocenters. The lowest BCUT2D eigenvalue weighted by molar-refractivity contribution is -0.0644. The molecule has 1 aromatic carbocycles. The van der Waals surface area contributed by atoms with Crippen molar-refractivity contribution in [3.63, 3.8) is 0 Å². The van der Waals surface area contributed by atoms with E-state index in [0.29, 0.717) is 12.1 Å². The predicted molar refractivity (Wildman–Crippen MR) is 64.3 cm³/mol. The number of rotatable bonds is 0. The first kappa shape index (κ1) is 11.8. The molecule has 18 heavy (non-hydrogen) atoms. The molecule has 3 rings (SSSR count). The second-order valence-corrected chi connectivity index (χ2v) is 5.05. The van der Waals surface area contributed by atoms with E-state index in [2.05, 4.69) is 4.99 Å². The van der Waals surface area contributed by atoms with Gasteiger partial charge >= 0.3 is 6.18 Å². The Morgan fingerprint density at radius 1 is 1.00 bits per heavy atom. The molecule has 1 aliphatic heterocycles. The average molecular weight is 253 g/mol. The Morgan fingerprint density at radius 2 is 1.67 bits per heavy atom. The highest BCUT2D eigenvalue weighted by Crippen LogP contribution is 2.48. The minimum absolute atomic E-state index is 0.00377. The molecule has 1 aromatic rings. The summed E-state index contributed by atoms with van der Waals surface area (Å²) < 4.78 is 39.2. The Morgan fingerprint density at radius 3 is 2.39 bits per heavy atom. The minimum atomic E-state index is -4.30. The van der Waals surface area contributed by atoms with Crippen LogP contribution in [0.2, 0.25) is 0 Å². The van der Waals surface area contributed by atoms with Crippen molar-refractivity contribution in [2.24, 2.45) is 10.9 Å². The Hall–Kier alpha value is -1.32. The van der Waals surface area contributed by atoms with E-state index in [-0.39, 0.29) is 5.92 Å². The van der Waals surface area contributed by atoms with E-state index in [1.54, 1.807) is 12.1 Å². The molecular weight excluding hydrogens is 239 g/mol. The van der Waals surface area contributed by atoms with Crippen LogP contribution >= 0.6 is 0 Å². The minimum Gasteiger partial charge on any atom is -0.248 e. The van der Waals surface area contributed by atoms with Gasteiger partial charge in [0.25, 0.3) is 0 Å². The first-order chi connectivity index (χ1) is 8.57. The zero-order valence-corrected chi connectivity index (χ0v) is 9.87. The predicted octanol–water partition coefficient (Wildman–Crippen LogP) is 4.61. The maximum Gasteiger partial charge on any atom is 0.429 e. The van der Waals surface area contributed by atoms with Crippen LogP contribution < -0.4 is 0 Å². The fraction of sp³-hybridized carbons (Fsp3) is 0.500. The summed E-state index contributed by atoms with van der Waals surface area (Å²) in [5.74, 6) is -0.433. The van der Waals surface area contributed by atoms with Gasteiger partial charge in [-0.05, 0) is 30.4 Å². The average Bonchev–Trinajstić information content (AvgIpc) is 2.37. The molecule has 96 valence electrons. The first-order valence-electron chi connectivity index (χ1n) is 6.32. The molecule has 1 fully saturated rings. The summed E-state index contributed by atoms with van der Waals surface area (Å²) in [7, 11) is 0. The Bertz CT molecular complexity index is 490. The summed E-state index contributed by atoms with van der Waals surface area (Å²) in [4.78, 5) is 3.89. The highest BCUT2D eigenvalue weighted by Gasteiger charge is 2.46. The number of fused-ring (bicyclic) bond motifs is 3. The number of para-hydroxylation sites is 1. The molecule has 0 radical (unpaired) electrons. The van der Waals surface area contributed by atoms with E-state index in [0.717, 1.165) is 24.8 Å². The van der Waals surface area contributed by atoms with Crippen LogP contribution in [-0.4, -0.2) is 11.9 Å². The van der Waals surface area contributed by atoms with Gasteiger partial charge in [0, 0.05) is 5.92 Å². The van der Waals surface area contributed by atoms with E-state index >= 15 is 0 Å². The number of alkyl halides is 3. The fourth-order valence-corrected chi connectivity index (χ4v) is 3.22. The van der Waals surface area contributed by atoms with E-state index < -0.39 is 17.8 Å². The van der Waals surface area contributed by atoms with Crippen LogP contribution in [-0.2, 0) is 0 Å². The maximum atomic E-state index is 13.1. The molecule has 1 heterocycles. The summed E-state index contributed by atoms with van der Waals surface area (Å²) in [6, 6.07) is 7.25. The molecule has 0 N–H and O–H groups in total. The van der Waals surface area contributed by atoms with Crippen LogP contribution in [0.1, 0.15) is 37.2 Å². The third kappa shape index (κ3) is 1.84. The van der Waals surface area contributed by atoms with Gasteiger partial charge in [0.05, 0.1) is 5.69 Å². The third-order valence-corrected chi connectivity index (χ3v) is 3.98. The summed E-state index contributed by atoms with van der Waals surface area (Å²) in [6.45, 7) is 0. The number of hydrogen-bond donors (Lipinski definition) is 0. The van der Waals surface area contributed by atoms with Crippen LogP contribution in [0.25, 0.3) is 0 Å². The van der Waals surface area contributed by atoms with Crippen LogP contribution in [0.3, 0.4) is 0 Å². The second kappa shape index (κ2) is 4.11. The number of halogens is 3. The van der Waals surface area contributed by atoms with Crippen molar-refractivity contribution in [1.82, 2.24) is 0 Å². The molecule has 4 heteroatoms. The van der Waals surface area contributed by atoms with E-state index in [9.17, 15) is 13.2 Å². The maximum absolute atomic E-state index is 13.1. The fourth-order valence-electron chi connectivity index (χ4n) is 3.22. The Labute approximate surface area is 104 Å². The van der Waals surface area contributed by atoms with Crippen LogP contribution in [0, 0.1) is 5.92 Å². The van der Waals surface area contributed by atoms with E-state index in [1.807, 2.05) is 12.1 Å².